The Morgan fingerprint density at radius 3 is 2.62 bits per heavy atom. The Hall–Kier alpha value is -2.12. The Morgan fingerprint density at radius 2 is 2.10 bits per heavy atom. The van der Waals surface area contributed by atoms with E-state index in [-0.39, 0.29) is 24.0 Å². The SMILES string of the molecule is CCCC1NC(=O)CN(c2ccc(C(F)(F)F)nc2)C1=O. The molecule has 114 valence electrons. The Morgan fingerprint density at radius 1 is 1.38 bits per heavy atom. The molecule has 1 saturated heterocycles. The minimum atomic E-state index is -4.54. The average Bonchev–Trinajstić information content (AvgIpc) is 2.42. The van der Waals surface area contributed by atoms with Crippen LogP contribution >= 0.6 is 0 Å². The number of nitrogens with zero attached hydrogens (tertiary/aromatic N) is 2. The molecule has 0 aromatic carbocycles. The second-order valence-corrected chi connectivity index (χ2v) is 4.73. The molecule has 1 atom stereocenters. The Kier molecular flexibility index (Phi) is 4.15. The second-order valence-electron chi connectivity index (χ2n) is 4.73. The van der Waals surface area contributed by atoms with Gasteiger partial charge in [-0.3, -0.25) is 14.5 Å². The summed E-state index contributed by atoms with van der Waals surface area (Å²) in [4.78, 5) is 28.3. The molecule has 8 heteroatoms. The van der Waals surface area contributed by atoms with Crippen LogP contribution in [-0.2, 0) is 15.8 Å². The first-order valence-corrected chi connectivity index (χ1v) is 6.47. The van der Waals surface area contributed by atoms with E-state index >= 15 is 0 Å². The number of carbonyl (C=O) groups is 2. The first kappa shape index (κ1) is 15.3. The van der Waals surface area contributed by atoms with Gasteiger partial charge in [-0.15, -0.1) is 0 Å². The molecule has 1 aliphatic heterocycles. The lowest BCUT2D eigenvalue weighted by atomic mass is 10.1. The molecule has 1 fully saturated rings. The third-order valence-electron chi connectivity index (χ3n) is 3.13. The summed E-state index contributed by atoms with van der Waals surface area (Å²) in [6, 6.07) is 1.30. The lowest BCUT2D eigenvalue weighted by Gasteiger charge is -2.32. The van der Waals surface area contributed by atoms with Crippen molar-refractivity contribution < 1.29 is 22.8 Å². The number of halogens is 3. The van der Waals surface area contributed by atoms with E-state index in [1.54, 1.807) is 0 Å². The fourth-order valence-corrected chi connectivity index (χ4v) is 2.13. The summed E-state index contributed by atoms with van der Waals surface area (Å²) >= 11 is 0. The largest absolute Gasteiger partial charge is 0.433 e. The second kappa shape index (κ2) is 5.71. The third-order valence-corrected chi connectivity index (χ3v) is 3.13. The molecule has 2 rings (SSSR count). The summed E-state index contributed by atoms with van der Waals surface area (Å²) in [6.45, 7) is 1.66. The number of alkyl halides is 3. The van der Waals surface area contributed by atoms with E-state index in [1.807, 2.05) is 6.92 Å². The summed E-state index contributed by atoms with van der Waals surface area (Å²) in [7, 11) is 0. The van der Waals surface area contributed by atoms with Crippen molar-refractivity contribution in [3.63, 3.8) is 0 Å². The number of pyridine rings is 1. The predicted molar refractivity (Wildman–Crippen MR) is 68.4 cm³/mol. The van der Waals surface area contributed by atoms with Gasteiger partial charge in [-0.1, -0.05) is 13.3 Å². The van der Waals surface area contributed by atoms with Gasteiger partial charge in [-0.25, -0.2) is 4.98 Å². The molecule has 2 heterocycles. The highest BCUT2D eigenvalue weighted by Crippen LogP contribution is 2.28. The number of piperazine rings is 1. The number of anilines is 1. The van der Waals surface area contributed by atoms with Gasteiger partial charge in [0.25, 0.3) is 0 Å². The maximum Gasteiger partial charge on any atom is 0.433 e. The van der Waals surface area contributed by atoms with Crippen LogP contribution in [-0.4, -0.2) is 29.4 Å². The van der Waals surface area contributed by atoms with Crippen molar-refractivity contribution >= 4 is 17.5 Å². The first-order valence-electron chi connectivity index (χ1n) is 6.47. The van der Waals surface area contributed by atoms with Gasteiger partial charge in [0.15, 0.2) is 0 Å². The number of nitrogens with one attached hydrogen (secondary N) is 1. The zero-order chi connectivity index (χ0) is 15.6. The van der Waals surface area contributed by atoms with Gasteiger partial charge >= 0.3 is 6.18 Å². The normalized spacial score (nSPS) is 19.6. The molecule has 21 heavy (non-hydrogen) atoms. The zero-order valence-electron chi connectivity index (χ0n) is 11.3. The molecule has 2 amide bonds. The Balaban J connectivity index is 2.23. The predicted octanol–water partition coefficient (Wildman–Crippen LogP) is 1.73. The molecule has 0 bridgehead atoms. The highest BCUT2D eigenvalue weighted by atomic mass is 19.4. The van der Waals surface area contributed by atoms with Crippen LogP contribution in [0.2, 0.25) is 0 Å². The van der Waals surface area contributed by atoms with E-state index in [0.717, 1.165) is 23.2 Å². The summed E-state index contributed by atoms with van der Waals surface area (Å²) in [6.07, 6.45) is -2.39. The molecular weight excluding hydrogens is 287 g/mol. The van der Waals surface area contributed by atoms with Gasteiger partial charge < -0.3 is 5.32 Å². The van der Waals surface area contributed by atoms with Crippen LogP contribution in [0.3, 0.4) is 0 Å². The molecular formula is C13H14F3N3O2. The number of carbonyl (C=O) groups excluding carboxylic acids is 2. The van der Waals surface area contributed by atoms with Gasteiger partial charge in [0.05, 0.1) is 11.9 Å². The van der Waals surface area contributed by atoms with Crippen LogP contribution < -0.4 is 10.2 Å². The maximum atomic E-state index is 12.5. The smallest absolute Gasteiger partial charge is 0.343 e. The molecule has 1 aromatic heterocycles. The highest BCUT2D eigenvalue weighted by Gasteiger charge is 2.35. The molecule has 0 saturated carbocycles. The van der Waals surface area contributed by atoms with Crippen molar-refractivity contribution in [2.45, 2.75) is 32.0 Å². The fraction of sp³-hybridized carbons (Fsp3) is 0.462. The first-order chi connectivity index (χ1) is 9.82. The molecule has 5 nitrogen and oxygen atoms in total. The van der Waals surface area contributed by atoms with Crippen molar-refractivity contribution in [1.82, 2.24) is 10.3 Å². The Bertz CT molecular complexity index is 543. The van der Waals surface area contributed by atoms with Gasteiger partial charge in [0.1, 0.15) is 18.3 Å². The number of hydrogen-bond donors (Lipinski definition) is 1. The number of hydrogen-bond acceptors (Lipinski definition) is 3. The highest BCUT2D eigenvalue weighted by molar-refractivity contribution is 6.06. The lowest BCUT2D eigenvalue weighted by Crippen LogP contribution is -2.58. The molecule has 0 aliphatic carbocycles. The van der Waals surface area contributed by atoms with E-state index in [4.69, 9.17) is 0 Å². The van der Waals surface area contributed by atoms with Crippen molar-refractivity contribution in [3.05, 3.63) is 24.0 Å². The van der Waals surface area contributed by atoms with Gasteiger partial charge in [0, 0.05) is 0 Å². The van der Waals surface area contributed by atoms with Crippen molar-refractivity contribution in [3.8, 4) is 0 Å². The summed E-state index contributed by atoms with van der Waals surface area (Å²) < 4.78 is 37.4. The van der Waals surface area contributed by atoms with Crippen LogP contribution in [0.15, 0.2) is 18.3 Å². The molecule has 1 aliphatic rings. The molecule has 0 spiro atoms. The summed E-state index contributed by atoms with van der Waals surface area (Å²) in [5.41, 5.74) is -0.853. The van der Waals surface area contributed by atoms with Crippen LogP contribution in [0.1, 0.15) is 25.5 Å². The standard InChI is InChI=1S/C13H14F3N3O2/c1-2-3-9-12(21)19(7-11(20)18-9)8-4-5-10(17-6-8)13(14,15)16/h4-6,9H,2-3,7H2,1H3,(H,18,20). The minimum absolute atomic E-state index is 0.184. The topological polar surface area (TPSA) is 62.3 Å². The minimum Gasteiger partial charge on any atom is -0.343 e. The fourth-order valence-electron chi connectivity index (χ4n) is 2.13. The van der Waals surface area contributed by atoms with Crippen molar-refractivity contribution in [2.75, 3.05) is 11.4 Å². The number of aromatic nitrogens is 1. The van der Waals surface area contributed by atoms with E-state index in [9.17, 15) is 22.8 Å². The molecule has 1 unspecified atom stereocenters. The summed E-state index contributed by atoms with van der Waals surface area (Å²) in [5, 5.41) is 2.57. The van der Waals surface area contributed by atoms with Crippen molar-refractivity contribution in [1.29, 1.82) is 0 Å². The van der Waals surface area contributed by atoms with Crippen LogP contribution in [0, 0.1) is 0 Å². The van der Waals surface area contributed by atoms with Crippen LogP contribution in [0.5, 0.6) is 0 Å². The van der Waals surface area contributed by atoms with Gasteiger partial charge in [0.2, 0.25) is 11.8 Å². The maximum absolute atomic E-state index is 12.5. The average molecular weight is 301 g/mol. The quantitative estimate of drug-likeness (QED) is 0.925. The molecule has 1 N–H and O–H groups in total. The van der Waals surface area contributed by atoms with E-state index in [0.29, 0.717) is 12.8 Å². The van der Waals surface area contributed by atoms with E-state index < -0.39 is 17.9 Å². The summed E-state index contributed by atoms with van der Waals surface area (Å²) in [5.74, 6) is -0.675. The van der Waals surface area contributed by atoms with Gasteiger partial charge in [-0.05, 0) is 18.6 Å². The van der Waals surface area contributed by atoms with E-state index in [2.05, 4.69) is 10.3 Å². The van der Waals surface area contributed by atoms with Crippen LogP contribution in [0.25, 0.3) is 0 Å². The van der Waals surface area contributed by atoms with Crippen LogP contribution in [0.4, 0.5) is 18.9 Å². The number of rotatable bonds is 3. The third kappa shape index (κ3) is 3.32. The van der Waals surface area contributed by atoms with E-state index in [1.165, 1.54) is 0 Å². The van der Waals surface area contributed by atoms with Gasteiger partial charge in [-0.2, -0.15) is 13.2 Å². The monoisotopic (exact) mass is 301 g/mol. The molecule has 1 aromatic rings. The number of amides is 2. The Labute approximate surface area is 119 Å². The van der Waals surface area contributed by atoms with Crippen molar-refractivity contribution in [2.24, 2.45) is 0 Å². The molecule has 0 radical (unpaired) electrons. The lowest BCUT2D eigenvalue weighted by molar-refractivity contribution is -0.141. The zero-order valence-corrected chi connectivity index (χ0v) is 11.3.